The van der Waals surface area contributed by atoms with Crippen LogP contribution in [0.4, 0.5) is 0 Å². The van der Waals surface area contributed by atoms with Crippen molar-refractivity contribution in [2.45, 2.75) is 155 Å². The van der Waals surface area contributed by atoms with Crippen LogP contribution in [0.3, 0.4) is 0 Å². The van der Waals surface area contributed by atoms with Crippen LogP contribution in [-0.2, 0) is 27.9 Å². The molecule has 0 rings (SSSR count). The van der Waals surface area contributed by atoms with Crippen molar-refractivity contribution in [1.29, 1.82) is 0 Å². The van der Waals surface area contributed by atoms with E-state index in [0.29, 0.717) is 6.42 Å². The number of ether oxygens (including phenoxy) is 2. The fourth-order valence-corrected chi connectivity index (χ4v) is 5.66. The lowest BCUT2D eigenvalue weighted by atomic mass is 10.1. The molecule has 1 unspecified atom stereocenters. The molecule has 0 spiro atoms. The molecule has 0 saturated carbocycles. The number of hydrogen-bond donors (Lipinski definition) is 2. The lowest BCUT2D eigenvalue weighted by molar-refractivity contribution is -0.147. The number of phosphoric acid groups is 1. The molecule has 0 aromatic heterocycles. The highest BCUT2D eigenvalue weighted by atomic mass is 31.2. The molecule has 8 nitrogen and oxygen atoms in total. The summed E-state index contributed by atoms with van der Waals surface area (Å²) >= 11 is 0. The highest BCUT2D eigenvalue weighted by molar-refractivity contribution is 7.47. The molecule has 0 aliphatic rings. The monoisotopic (exact) mass is 748 g/mol. The molecule has 298 valence electrons. The van der Waals surface area contributed by atoms with Gasteiger partial charge < -0.3 is 20.1 Å². The van der Waals surface area contributed by atoms with Crippen molar-refractivity contribution >= 4 is 13.8 Å². The van der Waals surface area contributed by atoms with Gasteiger partial charge >= 0.3 is 13.8 Å². The molecule has 0 saturated heterocycles. The fourth-order valence-electron chi connectivity index (χ4n) is 4.89. The van der Waals surface area contributed by atoms with Crippen molar-refractivity contribution < 1.29 is 32.8 Å². The van der Waals surface area contributed by atoms with Gasteiger partial charge in [0, 0.05) is 13.0 Å². The molecule has 0 aromatic rings. The third-order valence-electron chi connectivity index (χ3n) is 7.89. The van der Waals surface area contributed by atoms with Gasteiger partial charge in [-0.3, -0.25) is 13.8 Å². The van der Waals surface area contributed by atoms with Gasteiger partial charge in [-0.1, -0.05) is 132 Å². The van der Waals surface area contributed by atoms with Gasteiger partial charge in [-0.15, -0.1) is 0 Å². The molecule has 9 heteroatoms. The molecule has 0 aliphatic heterocycles. The Labute approximate surface area is 318 Å². The van der Waals surface area contributed by atoms with E-state index in [9.17, 15) is 14.3 Å². The van der Waals surface area contributed by atoms with Gasteiger partial charge in [-0.25, -0.2) is 4.57 Å². The topological polar surface area (TPSA) is 117 Å². The first-order valence-electron chi connectivity index (χ1n) is 20.1. The predicted molar refractivity (Wildman–Crippen MR) is 219 cm³/mol. The first-order valence-corrected chi connectivity index (χ1v) is 21.6. The van der Waals surface area contributed by atoms with Crippen LogP contribution in [0.15, 0.2) is 85.3 Å². The van der Waals surface area contributed by atoms with E-state index in [2.05, 4.69) is 86.8 Å². The highest BCUT2D eigenvalue weighted by Crippen LogP contribution is 2.43. The van der Waals surface area contributed by atoms with Crippen molar-refractivity contribution in [3.63, 3.8) is 0 Å². The van der Waals surface area contributed by atoms with E-state index in [1.807, 2.05) is 6.08 Å². The standard InChI is InChI=1S/C43H74NO7P/c1-3-5-7-9-11-13-15-17-19-21-22-24-26-28-30-32-34-36-43(45)49-40-42(41-51-52(46,47)50-39-37-44)48-38-35-33-31-29-27-25-23-20-18-16-14-12-10-8-6-4-2/h5,7,11,13-14,16-17,19,22,24,28,30,35,38,42H,3-4,6,8-10,12,15,18,20-21,23,25-27,29,31-34,36-37,39-41,44H2,1-2H3,(H,46,47)/t42-/m1/s1. The van der Waals surface area contributed by atoms with Crippen LogP contribution < -0.4 is 5.73 Å². The number of phosphoric ester groups is 1. The lowest BCUT2D eigenvalue weighted by Gasteiger charge is -2.19. The summed E-state index contributed by atoms with van der Waals surface area (Å²) < 4.78 is 33.1. The van der Waals surface area contributed by atoms with Gasteiger partial charge in [0.05, 0.1) is 19.5 Å². The Kier molecular flexibility index (Phi) is 37.8. The predicted octanol–water partition coefficient (Wildman–Crippen LogP) is 12.1. The average molecular weight is 748 g/mol. The van der Waals surface area contributed by atoms with Crippen LogP contribution in [0.25, 0.3) is 0 Å². The van der Waals surface area contributed by atoms with Crippen LogP contribution in [0, 0.1) is 0 Å². The Morgan fingerprint density at radius 3 is 1.65 bits per heavy atom. The minimum Gasteiger partial charge on any atom is -0.492 e. The van der Waals surface area contributed by atoms with E-state index in [1.54, 1.807) is 6.26 Å². The Morgan fingerprint density at radius 1 is 0.615 bits per heavy atom. The van der Waals surface area contributed by atoms with Gasteiger partial charge in [0.15, 0.2) is 6.10 Å². The zero-order valence-corrected chi connectivity index (χ0v) is 33.7. The van der Waals surface area contributed by atoms with Crippen LogP contribution in [-0.4, -0.2) is 43.3 Å². The van der Waals surface area contributed by atoms with Crippen LogP contribution in [0.2, 0.25) is 0 Å². The molecular formula is C43H74NO7P. The number of carbonyl (C=O) groups excluding carboxylic acids is 1. The number of nitrogens with two attached hydrogens (primary N) is 1. The van der Waals surface area contributed by atoms with Crippen LogP contribution in [0.1, 0.15) is 149 Å². The van der Waals surface area contributed by atoms with Gasteiger partial charge in [0.1, 0.15) is 6.61 Å². The summed E-state index contributed by atoms with van der Waals surface area (Å²) in [4.78, 5) is 22.2. The second-order valence-corrected chi connectivity index (χ2v) is 14.3. The number of unbranched alkanes of at least 4 members (excludes halogenated alkanes) is 12. The number of carbonyl (C=O) groups is 1. The van der Waals surface area contributed by atoms with E-state index in [4.69, 9.17) is 24.3 Å². The smallest absolute Gasteiger partial charge is 0.472 e. The Hall–Kier alpha value is -2.48. The van der Waals surface area contributed by atoms with Gasteiger partial charge in [0.2, 0.25) is 0 Å². The zero-order valence-electron chi connectivity index (χ0n) is 32.8. The molecular weight excluding hydrogens is 673 g/mol. The molecule has 0 aliphatic carbocycles. The zero-order chi connectivity index (χ0) is 38.1. The van der Waals surface area contributed by atoms with Gasteiger partial charge in [-0.2, -0.15) is 0 Å². The molecule has 52 heavy (non-hydrogen) atoms. The van der Waals surface area contributed by atoms with E-state index in [-0.39, 0.29) is 38.8 Å². The fraction of sp³-hybridized carbons (Fsp3) is 0.651. The lowest BCUT2D eigenvalue weighted by Crippen LogP contribution is -2.25. The van der Waals surface area contributed by atoms with Crippen molar-refractivity contribution in [2.24, 2.45) is 5.73 Å². The maximum Gasteiger partial charge on any atom is 0.472 e. The summed E-state index contributed by atoms with van der Waals surface area (Å²) in [7, 11) is -4.28. The SMILES string of the molecule is CCC=CCC=CCC=CCC=CCC=CCCCC(=O)OC[C@H](COP(=O)(O)OCCN)OC=CCCCCCCCCC=CCCCCCC. The molecule has 0 bridgehead atoms. The summed E-state index contributed by atoms with van der Waals surface area (Å²) in [6, 6.07) is 0. The molecule has 3 N–H and O–H groups in total. The number of esters is 1. The van der Waals surface area contributed by atoms with Crippen molar-refractivity contribution in [3.8, 4) is 0 Å². The highest BCUT2D eigenvalue weighted by Gasteiger charge is 2.24. The average Bonchev–Trinajstić information content (AvgIpc) is 3.14. The first kappa shape index (κ1) is 49.5. The van der Waals surface area contributed by atoms with E-state index in [1.165, 1.54) is 64.2 Å². The third-order valence-corrected chi connectivity index (χ3v) is 8.87. The van der Waals surface area contributed by atoms with E-state index < -0.39 is 13.9 Å². The third kappa shape index (κ3) is 38.7. The molecule has 0 heterocycles. The van der Waals surface area contributed by atoms with E-state index in [0.717, 1.165) is 57.8 Å². The largest absolute Gasteiger partial charge is 0.492 e. The normalized spacial score (nSPS) is 14.4. The Morgan fingerprint density at radius 2 is 1.10 bits per heavy atom. The Bertz CT molecular complexity index is 1060. The molecule has 2 atom stereocenters. The summed E-state index contributed by atoms with van der Waals surface area (Å²) in [6.45, 7) is 3.99. The molecule has 0 aromatic carbocycles. The minimum absolute atomic E-state index is 0.0877. The summed E-state index contributed by atoms with van der Waals surface area (Å²) in [5.41, 5.74) is 5.35. The molecule has 0 fully saturated rings. The van der Waals surface area contributed by atoms with Crippen molar-refractivity contribution in [3.05, 3.63) is 85.3 Å². The second-order valence-electron chi connectivity index (χ2n) is 12.8. The van der Waals surface area contributed by atoms with Gasteiger partial charge in [0.25, 0.3) is 0 Å². The number of hydrogen-bond acceptors (Lipinski definition) is 7. The molecule has 0 amide bonds. The number of allylic oxidation sites excluding steroid dienone is 13. The number of rotatable bonds is 37. The summed E-state index contributed by atoms with van der Waals surface area (Å²) in [6.07, 6.45) is 51.3. The quantitative estimate of drug-likeness (QED) is 0.0212. The second kappa shape index (κ2) is 39.7. The Balaban J connectivity index is 4.25. The maximum absolute atomic E-state index is 12.4. The minimum atomic E-state index is -4.28. The summed E-state index contributed by atoms with van der Waals surface area (Å²) in [5.74, 6) is -0.352. The summed E-state index contributed by atoms with van der Waals surface area (Å²) in [5, 5.41) is 0. The van der Waals surface area contributed by atoms with E-state index >= 15 is 0 Å². The molecule has 0 radical (unpaired) electrons. The van der Waals surface area contributed by atoms with Crippen LogP contribution >= 0.6 is 7.82 Å². The van der Waals surface area contributed by atoms with Gasteiger partial charge in [-0.05, 0) is 89.5 Å². The maximum atomic E-state index is 12.4. The first-order chi connectivity index (χ1) is 25.4. The van der Waals surface area contributed by atoms with Crippen molar-refractivity contribution in [2.75, 3.05) is 26.4 Å². The van der Waals surface area contributed by atoms with Crippen molar-refractivity contribution in [1.82, 2.24) is 0 Å². The van der Waals surface area contributed by atoms with Crippen LogP contribution in [0.5, 0.6) is 0 Å².